The van der Waals surface area contributed by atoms with Crippen molar-refractivity contribution < 1.29 is 24.6 Å². The maximum atomic E-state index is 12.4. The Morgan fingerprint density at radius 1 is 1.21 bits per heavy atom. The Kier molecular flexibility index (Phi) is 9.17. The van der Waals surface area contributed by atoms with Crippen molar-refractivity contribution in [3.63, 3.8) is 0 Å². The number of benzene rings is 1. The summed E-state index contributed by atoms with van der Waals surface area (Å²) in [6.45, 7) is 2.19. The summed E-state index contributed by atoms with van der Waals surface area (Å²) in [5.41, 5.74) is 1.29. The van der Waals surface area contributed by atoms with E-state index in [-0.39, 0.29) is 48.0 Å². The molecule has 0 saturated carbocycles. The van der Waals surface area contributed by atoms with Crippen LogP contribution < -0.4 is 15.8 Å². The molecule has 0 radical (unpaired) electrons. The van der Waals surface area contributed by atoms with Gasteiger partial charge in [0.2, 0.25) is 0 Å². The molecule has 3 rings (SSSR count). The van der Waals surface area contributed by atoms with Crippen LogP contribution in [-0.4, -0.2) is 80.7 Å². The van der Waals surface area contributed by atoms with Crippen LogP contribution in [0.2, 0.25) is 0 Å². The minimum absolute atomic E-state index is 0. The number of rotatable bonds is 9. The number of carbonyl (C=O) groups is 3. The van der Waals surface area contributed by atoms with Crippen LogP contribution in [-0.2, 0) is 16.1 Å². The van der Waals surface area contributed by atoms with Gasteiger partial charge >= 0.3 is 41.5 Å². The molecule has 1 amide bonds. The molecule has 0 saturated heterocycles. The van der Waals surface area contributed by atoms with Gasteiger partial charge in [-0.25, -0.2) is 9.78 Å². The predicted molar refractivity (Wildman–Crippen MR) is 126 cm³/mol. The van der Waals surface area contributed by atoms with Gasteiger partial charge in [-0.2, -0.15) is 0 Å². The number of amides is 1. The van der Waals surface area contributed by atoms with Crippen LogP contribution >= 0.6 is 11.3 Å². The van der Waals surface area contributed by atoms with Gasteiger partial charge in [0.15, 0.2) is 0 Å². The van der Waals surface area contributed by atoms with Crippen LogP contribution in [0.15, 0.2) is 35.1 Å². The van der Waals surface area contributed by atoms with Gasteiger partial charge < -0.3 is 25.4 Å². The Labute approximate surface area is 214 Å². The number of H-pyrrole nitrogens is 1. The molecule has 12 heteroatoms. The van der Waals surface area contributed by atoms with E-state index in [0.717, 1.165) is 10.6 Å². The number of carboxylic acid groups (broad SMARTS) is 2. The van der Waals surface area contributed by atoms with Crippen LogP contribution in [0.3, 0.4) is 0 Å². The summed E-state index contributed by atoms with van der Waals surface area (Å²) < 4.78 is 0. The SMILES string of the molecule is Cc1nc2ccc(CN(C)c3ccc(C(=O)NC(CCC(=O)O)C(=O)O)s3)cc2c(=O)[nH]1.[NaH]. The predicted octanol–water partition coefficient (Wildman–Crippen LogP) is 1.33. The number of hydrogen-bond acceptors (Lipinski definition) is 7. The molecule has 1 aromatic carbocycles. The molecule has 2 heterocycles. The molecule has 0 aliphatic heterocycles. The van der Waals surface area contributed by atoms with Gasteiger partial charge in [0, 0.05) is 20.0 Å². The first kappa shape index (κ1) is 26.5. The number of fused-ring (bicyclic) bond motifs is 1. The number of carbonyl (C=O) groups excluding carboxylic acids is 1. The van der Waals surface area contributed by atoms with Crippen molar-refractivity contribution in [2.24, 2.45) is 0 Å². The second kappa shape index (κ2) is 11.4. The summed E-state index contributed by atoms with van der Waals surface area (Å²) >= 11 is 1.18. The number of aliphatic carboxylic acids is 2. The van der Waals surface area contributed by atoms with E-state index in [9.17, 15) is 24.3 Å². The molecule has 3 aromatic rings. The Morgan fingerprint density at radius 3 is 2.61 bits per heavy atom. The number of thiophene rings is 1. The Morgan fingerprint density at radius 2 is 1.94 bits per heavy atom. The van der Waals surface area contributed by atoms with Crippen molar-refractivity contribution in [2.75, 3.05) is 11.9 Å². The van der Waals surface area contributed by atoms with Crippen LogP contribution in [0, 0.1) is 6.92 Å². The molecule has 2 aromatic heterocycles. The van der Waals surface area contributed by atoms with Gasteiger partial charge in [-0.05, 0) is 43.2 Å². The number of aryl methyl sites for hydroxylation is 1. The Balaban J connectivity index is 0.00000385. The quantitative estimate of drug-likeness (QED) is 0.333. The van der Waals surface area contributed by atoms with Crippen molar-refractivity contribution in [2.45, 2.75) is 32.4 Å². The molecule has 1 unspecified atom stereocenters. The summed E-state index contributed by atoms with van der Waals surface area (Å²) in [5, 5.41) is 21.6. The van der Waals surface area contributed by atoms with Crippen molar-refractivity contribution in [3.8, 4) is 0 Å². The molecule has 10 nitrogen and oxygen atoms in total. The van der Waals surface area contributed by atoms with Gasteiger partial charge in [-0.15, -0.1) is 11.3 Å². The summed E-state index contributed by atoms with van der Waals surface area (Å²) in [6.07, 6.45) is -0.566. The number of carboxylic acids is 2. The summed E-state index contributed by atoms with van der Waals surface area (Å²) in [7, 11) is 1.84. The molecule has 0 bridgehead atoms. The van der Waals surface area contributed by atoms with E-state index in [1.54, 1.807) is 31.2 Å². The molecule has 33 heavy (non-hydrogen) atoms. The van der Waals surface area contributed by atoms with Crippen molar-refractivity contribution in [3.05, 3.63) is 57.0 Å². The molecule has 0 spiro atoms. The van der Waals surface area contributed by atoms with E-state index in [2.05, 4.69) is 15.3 Å². The average Bonchev–Trinajstić information content (AvgIpc) is 3.21. The standard InChI is InChI=1S/C21H22N4O6S.Na.H/c1-11-22-14-4-3-12(9-13(14)19(28)23-11)10-25(2)17-7-6-16(32-17)20(29)24-15(21(30)31)5-8-18(26)27;;/h3-4,6-7,9,15H,5,8,10H2,1-2H3,(H,24,29)(H,26,27)(H,30,31)(H,22,23,28);;. The monoisotopic (exact) mass is 482 g/mol. The molecule has 0 aliphatic carbocycles. The first-order chi connectivity index (χ1) is 15.1. The normalized spacial score (nSPS) is 11.5. The van der Waals surface area contributed by atoms with Crippen molar-refractivity contribution in [1.82, 2.24) is 15.3 Å². The maximum absolute atomic E-state index is 12.4. The number of hydrogen-bond donors (Lipinski definition) is 4. The van der Waals surface area contributed by atoms with Gasteiger partial charge in [0.05, 0.1) is 20.8 Å². The molecule has 0 fully saturated rings. The van der Waals surface area contributed by atoms with Crippen molar-refractivity contribution >= 4 is 74.6 Å². The summed E-state index contributed by atoms with van der Waals surface area (Å²) in [6, 6.07) is 7.49. The summed E-state index contributed by atoms with van der Waals surface area (Å²) in [4.78, 5) is 55.8. The average molecular weight is 482 g/mol. The third kappa shape index (κ3) is 6.87. The van der Waals surface area contributed by atoms with Gasteiger partial charge in [-0.3, -0.25) is 14.4 Å². The van der Waals surface area contributed by atoms with E-state index in [4.69, 9.17) is 5.11 Å². The number of anilines is 1. The Bertz CT molecular complexity index is 1240. The third-order valence-corrected chi connectivity index (χ3v) is 5.95. The topological polar surface area (TPSA) is 153 Å². The van der Waals surface area contributed by atoms with E-state index < -0.39 is 23.9 Å². The second-order valence-corrected chi connectivity index (χ2v) is 8.36. The second-order valence-electron chi connectivity index (χ2n) is 7.29. The van der Waals surface area contributed by atoms with Crippen molar-refractivity contribution in [1.29, 1.82) is 0 Å². The fourth-order valence-electron chi connectivity index (χ4n) is 3.16. The van der Waals surface area contributed by atoms with E-state index in [0.29, 0.717) is 28.1 Å². The van der Waals surface area contributed by atoms with Crippen LogP contribution in [0.5, 0.6) is 0 Å². The first-order valence-electron chi connectivity index (χ1n) is 9.70. The number of aromatic amines is 1. The molecular weight excluding hydrogens is 459 g/mol. The molecule has 0 aliphatic rings. The number of aromatic nitrogens is 2. The first-order valence-corrected chi connectivity index (χ1v) is 10.5. The number of nitrogens with one attached hydrogen (secondary N) is 2. The zero-order valence-electron chi connectivity index (χ0n) is 17.4. The van der Waals surface area contributed by atoms with Gasteiger partial charge in [-0.1, -0.05) is 6.07 Å². The zero-order valence-corrected chi connectivity index (χ0v) is 18.2. The van der Waals surface area contributed by atoms with Gasteiger partial charge in [0.1, 0.15) is 11.9 Å². The minimum atomic E-state index is -1.29. The molecule has 170 valence electrons. The van der Waals surface area contributed by atoms with Crippen LogP contribution in [0.25, 0.3) is 10.9 Å². The van der Waals surface area contributed by atoms with E-state index in [1.807, 2.05) is 18.0 Å². The fraction of sp³-hybridized carbons (Fsp3) is 0.286. The zero-order chi connectivity index (χ0) is 23.4. The Hall–Kier alpha value is -2.73. The van der Waals surface area contributed by atoms with Crippen LogP contribution in [0.4, 0.5) is 5.00 Å². The fourth-order valence-corrected chi connectivity index (χ4v) is 4.03. The third-order valence-electron chi connectivity index (χ3n) is 4.75. The molecule has 1 atom stereocenters. The van der Waals surface area contributed by atoms with Crippen LogP contribution in [0.1, 0.15) is 33.9 Å². The number of nitrogens with zero attached hydrogens (tertiary/aromatic N) is 2. The summed E-state index contributed by atoms with van der Waals surface area (Å²) in [5.74, 6) is -2.45. The van der Waals surface area contributed by atoms with E-state index >= 15 is 0 Å². The molecule has 4 N–H and O–H groups in total. The molecular formula is C21H23N4NaO6S. The van der Waals surface area contributed by atoms with E-state index in [1.165, 1.54) is 11.3 Å². The van der Waals surface area contributed by atoms with Gasteiger partial charge in [0.25, 0.3) is 11.5 Å².